The highest BCUT2D eigenvalue weighted by atomic mass is 16.5. The van der Waals surface area contributed by atoms with Crippen molar-refractivity contribution in [2.75, 3.05) is 7.11 Å². The van der Waals surface area contributed by atoms with Crippen LogP contribution in [0, 0.1) is 11.8 Å². The second-order valence-corrected chi connectivity index (χ2v) is 6.94. The van der Waals surface area contributed by atoms with Gasteiger partial charge in [0.1, 0.15) is 12.4 Å². The van der Waals surface area contributed by atoms with Gasteiger partial charge in [-0.25, -0.2) is 4.79 Å². The quantitative estimate of drug-likeness (QED) is 0.615. The number of benzene rings is 2. The van der Waals surface area contributed by atoms with E-state index >= 15 is 0 Å². The molecule has 1 aliphatic heterocycles. The van der Waals surface area contributed by atoms with Crippen molar-refractivity contribution in [1.82, 2.24) is 5.32 Å². The highest BCUT2D eigenvalue weighted by molar-refractivity contribution is 6.06. The zero-order valence-electron chi connectivity index (χ0n) is 15.2. The first kappa shape index (κ1) is 18.2. The average molecular weight is 381 g/mol. The van der Waals surface area contributed by atoms with Gasteiger partial charge in [0.15, 0.2) is 0 Å². The van der Waals surface area contributed by atoms with Gasteiger partial charge in [-0.15, -0.1) is 0 Å². The lowest BCUT2D eigenvalue weighted by atomic mass is 9.75. The van der Waals surface area contributed by atoms with E-state index in [2.05, 4.69) is 10.1 Å². The van der Waals surface area contributed by atoms with Crippen LogP contribution in [-0.2, 0) is 27.4 Å². The van der Waals surface area contributed by atoms with Gasteiger partial charge in [-0.05, 0) is 35.7 Å². The van der Waals surface area contributed by atoms with Gasteiger partial charge in [-0.3, -0.25) is 14.9 Å². The molecule has 0 radical (unpaired) electrons. The fraction of sp³-hybridized carbons (Fsp3) is 0.286. The van der Waals surface area contributed by atoms with Gasteiger partial charge in [-0.1, -0.05) is 24.3 Å². The van der Waals surface area contributed by atoms with Gasteiger partial charge in [0, 0.05) is 5.56 Å². The Morgan fingerprint density at radius 2 is 1.89 bits per heavy atom. The van der Waals surface area contributed by atoms with Crippen LogP contribution in [0.1, 0.15) is 33.2 Å². The van der Waals surface area contributed by atoms with Gasteiger partial charge < -0.3 is 14.6 Å². The first-order chi connectivity index (χ1) is 13.5. The number of hydrogen-bond donors (Lipinski definition) is 2. The average Bonchev–Trinajstić information content (AvgIpc) is 2.99. The number of fused-ring (bicyclic) bond motifs is 2. The summed E-state index contributed by atoms with van der Waals surface area (Å²) in [5, 5.41) is 13.1. The molecule has 1 saturated heterocycles. The van der Waals surface area contributed by atoms with E-state index in [0.29, 0.717) is 23.3 Å². The molecule has 0 spiro atoms. The smallest absolute Gasteiger partial charge is 0.337 e. The van der Waals surface area contributed by atoms with Crippen LogP contribution in [0.25, 0.3) is 0 Å². The molecule has 144 valence electrons. The number of methoxy groups -OCH3 is 1. The molecule has 0 saturated carbocycles. The molecular formula is C21H19NO6. The Morgan fingerprint density at radius 1 is 1.14 bits per heavy atom. The van der Waals surface area contributed by atoms with Crippen LogP contribution >= 0.6 is 0 Å². The summed E-state index contributed by atoms with van der Waals surface area (Å²) in [5.41, 5.74) is 2.64. The molecule has 3 atom stereocenters. The van der Waals surface area contributed by atoms with Crippen LogP contribution in [0.3, 0.4) is 0 Å². The van der Waals surface area contributed by atoms with E-state index in [1.807, 2.05) is 6.07 Å². The summed E-state index contributed by atoms with van der Waals surface area (Å²) >= 11 is 0. The highest BCUT2D eigenvalue weighted by Gasteiger charge is 2.50. The molecule has 2 aliphatic rings. The number of esters is 1. The summed E-state index contributed by atoms with van der Waals surface area (Å²) in [7, 11) is 1.33. The summed E-state index contributed by atoms with van der Waals surface area (Å²) in [6.45, 7) is 0.226. The molecule has 0 unspecified atom stereocenters. The Bertz CT molecular complexity index is 952. The lowest BCUT2D eigenvalue weighted by Gasteiger charge is -2.30. The first-order valence-corrected chi connectivity index (χ1v) is 8.94. The SMILES string of the molecule is COC(=O)c1ccc(COc2cccc3c2[C@@H](O)[C@H]2C(=O)NC(=O)[C@H]2C3)cc1. The fourth-order valence-electron chi connectivity index (χ4n) is 3.89. The van der Waals surface area contributed by atoms with Crippen LogP contribution in [0.4, 0.5) is 0 Å². The molecule has 1 heterocycles. The Hall–Kier alpha value is -3.19. The lowest BCUT2D eigenvalue weighted by molar-refractivity contribution is -0.127. The topological polar surface area (TPSA) is 102 Å². The van der Waals surface area contributed by atoms with Crippen molar-refractivity contribution in [2.24, 2.45) is 11.8 Å². The standard InChI is InChI=1S/C21H19NO6/c1-27-21(26)12-7-5-11(6-8-12)10-28-15-4-2-3-13-9-14-17(18(23)16(13)15)20(25)22-19(14)24/h2-8,14,17-18,23H,9-10H2,1H3,(H,22,24,25)/t14-,17-,18+/m0/s1. The van der Waals surface area contributed by atoms with E-state index in [1.165, 1.54) is 7.11 Å². The third kappa shape index (κ3) is 3.03. The van der Waals surface area contributed by atoms with E-state index < -0.39 is 29.8 Å². The zero-order valence-corrected chi connectivity index (χ0v) is 15.2. The van der Waals surface area contributed by atoms with Crippen LogP contribution in [-0.4, -0.2) is 30.0 Å². The van der Waals surface area contributed by atoms with E-state index in [4.69, 9.17) is 4.74 Å². The number of rotatable bonds is 4. The second-order valence-electron chi connectivity index (χ2n) is 6.94. The molecule has 28 heavy (non-hydrogen) atoms. The van der Waals surface area contributed by atoms with E-state index in [9.17, 15) is 19.5 Å². The number of aliphatic hydroxyl groups excluding tert-OH is 1. The summed E-state index contributed by atoms with van der Waals surface area (Å²) in [6, 6.07) is 12.2. The largest absolute Gasteiger partial charge is 0.489 e. The monoisotopic (exact) mass is 381 g/mol. The van der Waals surface area contributed by atoms with Crippen molar-refractivity contribution in [3.63, 3.8) is 0 Å². The Balaban J connectivity index is 1.55. The minimum absolute atomic E-state index is 0.226. The maximum atomic E-state index is 12.1. The number of hydrogen-bond acceptors (Lipinski definition) is 6. The number of nitrogens with one attached hydrogen (secondary N) is 1. The Morgan fingerprint density at radius 3 is 2.61 bits per heavy atom. The molecule has 2 N–H and O–H groups in total. The van der Waals surface area contributed by atoms with E-state index in [1.54, 1.807) is 36.4 Å². The Kier molecular flexibility index (Phi) is 4.60. The van der Waals surface area contributed by atoms with Crippen molar-refractivity contribution in [2.45, 2.75) is 19.1 Å². The normalized spacial score (nSPS) is 22.9. The molecule has 2 amide bonds. The minimum Gasteiger partial charge on any atom is -0.489 e. The van der Waals surface area contributed by atoms with Crippen molar-refractivity contribution in [3.05, 3.63) is 64.7 Å². The van der Waals surface area contributed by atoms with Crippen LogP contribution in [0.5, 0.6) is 5.75 Å². The molecule has 1 aliphatic carbocycles. The summed E-state index contributed by atoms with van der Waals surface area (Å²) in [6.07, 6.45) is -0.710. The number of imide groups is 1. The molecule has 2 aromatic rings. The van der Waals surface area contributed by atoms with E-state index in [-0.39, 0.29) is 12.5 Å². The van der Waals surface area contributed by atoms with Crippen LogP contribution < -0.4 is 10.1 Å². The predicted octanol–water partition coefficient (Wildman–Crippen LogP) is 1.53. The van der Waals surface area contributed by atoms with Crippen molar-refractivity contribution in [3.8, 4) is 5.75 Å². The highest BCUT2D eigenvalue weighted by Crippen LogP contribution is 2.44. The number of aliphatic hydroxyl groups is 1. The predicted molar refractivity (Wildman–Crippen MR) is 97.3 cm³/mol. The van der Waals surface area contributed by atoms with Crippen molar-refractivity contribution >= 4 is 17.8 Å². The molecule has 7 nitrogen and oxygen atoms in total. The van der Waals surface area contributed by atoms with Gasteiger partial charge in [0.2, 0.25) is 11.8 Å². The summed E-state index contributed by atoms with van der Waals surface area (Å²) in [4.78, 5) is 35.5. The van der Waals surface area contributed by atoms with Gasteiger partial charge in [0.25, 0.3) is 0 Å². The zero-order chi connectivity index (χ0) is 19.8. The van der Waals surface area contributed by atoms with Crippen LogP contribution in [0.15, 0.2) is 42.5 Å². The summed E-state index contributed by atoms with van der Waals surface area (Å²) in [5.74, 6) is -2.04. The first-order valence-electron chi connectivity index (χ1n) is 8.94. The number of carbonyl (C=O) groups is 3. The second kappa shape index (κ2) is 7.09. The molecule has 0 bridgehead atoms. The molecular weight excluding hydrogens is 362 g/mol. The van der Waals surface area contributed by atoms with Gasteiger partial charge in [-0.2, -0.15) is 0 Å². The fourth-order valence-corrected chi connectivity index (χ4v) is 3.89. The minimum atomic E-state index is -1.10. The molecule has 7 heteroatoms. The molecule has 4 rings (SSSR count). The number of amides is 2. The maximum absolute atomic E-state index is 12.1. The van der Waals surface area contributed by atoms with Crippen molar-refractivity contribution in [1.29, 1.82) is 0 Å². The third-order valence-corrected chi connectivity index (χ3v) is 5.32. The summed E-state index contributed by atoms with van der Waals surface area (Å²) < 4.78 is 10.6. The molecule has 2 aromatic carbocycles. The molecule has 1 fully saturated rings. The van der Waals surface area contributed by atoms with E-state index in [0.717, 1.165) is 11.1 Å². The van der Waals surface area contributed by atoms with Gasteiger partial charge >= 0.3 is 5.97 Å². The number of ether oxygens (including phenoxy) is 2. The van der Waals surface area contributed by atoms with Crippen molar-refractivity contribution < 1.29 is 29.0 Å². The Labute approximate surface area is 161 Å². The molecule has 0 aromatic heterocycles. The van der Waals surface area contributed by atoms with Crippen LogP contribution in [0.2, 0.25) is 0 Å². The lowest BCUT2D eigenvalue weighted by Crippen LogP contribution is -2.32. The maximum Gasteiger partial charge on any atom is 0.337 e. The third-order valence-electron chi connectivity index (χ3n) is 5.32. The number of carbonyl (C=O) groups excluding carboxylic acids is 3. The van der Waals surface area contributed by atoms with Gasteiger partial charge in [0.05, 0.1) is 30.6 Å².